The predicted octanol–water partition coefficient (Wildman–Crippen LogP) is 1.79. The van der Waals surface area contributed by atoms with Crippen LogP contribution in [0.2, 0.25) is 0 Å². The Hall–Kier alpha value is -1.39. The molecule has 0 amide bonds. The van der Waals surface area contributed by atoms with E-state index in [1.165, 1.54) is 0 Å². The highest BCUT2D eigenvalue weighted by Gasteiger charge is 2.10. The molecule has 0 saturated carbocycles. The second-order valence-electron chi connectivity index (χ2n) is 3.85. The third-order valence-corrected chi connectivity index (χ3v) is 2.55. The third kappa shape index (κ3) is 4.54. The van der Waals surface area contributed by atoms with Gasteiger partial charge in [0.25, 0.3) is 0 Å². The minimum Gasteiger partial charge on any atom is -0.480 e. The molecular weight excluding hydrogens is 218 g/mol. The molecular formula is C13H19NO3. The molecule has 0 bridgehead atoms. The van der Waals surface area contributed by atoms with Gasteiger partial charge in [-0.3, -0.25) is 4.79 Å². The van der Waals surface area contributed by atoms with Gasteiger partial charge in [-0.25, -0.2) is 0 Å². The maximum absolute atomic E-state index is 10.7. The Labute approximate surface area is 102 Å². The number of benzene rings is 1. The highest BCUT2D eigenvalue weighted by molar-refractivity contribution is 5.72. The molecule has 1 rings (SSSR count). The summed E-state index contributed by atoms with van der Waals surface area (Å²) in [6.07, 6.45) is 0. The highest BCUT2D eigenvalue weighted by Crippen LogP contribution is 2.10. The Bertz CT molecular complexity index is 365. The zero-order chi connectivity index (χ0) is 12.7. The summed E-state index contributed by atoms with van der Waals surface area (Å²) in [4.78, 5) is 10.7. The first-order chi connectivity index (χ1) is 8.15. The van der Waals surface area contributed by atoms with Gasteiger partial charge in [0.2, 0.25) is 0 Å². The number of aliphatic carboxylic acids is 1. The summed E-state index contributed by atoms with van der Waals surface area (Å²) in [5.41, 5.74) is 2.17. The lowest BCUT2D eigenvalue weighted by Crippen LogP contribution is -2.33. The Morgan fingerprint density at radius 2 is 2.06 bits per heavy atom. The van der Waals surface area contributed by atoms with Crippen molar-refractivity contribution in [3.05, 3.63) is 35.4 Å². The smallest absolute Gasteiger partial charge is 0.320 e. The average Bonchev–Trinajstić information content (AvgIpc) is 2.34. The molecule has 2 N–H and O–H groups in total. The van der Waals surface area contributed by atoms with Crippen molar-refractivity contribution in [2.75, 3.05) is 6.61 Å². The zero-order valence-corrected chi connectivity index (χ0v) is 10.3. The molecule has 0 heterocycles. The second-order valence-corrected chi connectivity index (χ2v) is 3.85. The topological polar surface area (TPSA) is 58.6 Å². The fourth-order valence-electron chi connectivity index (χ4n) is 1.43. The number of hydrogen-bond acceptors (Lipinski definition) is 3. The summed E-state index contributed by atoms with van der Waals surface area (Å²) in [5.74, 6) is -0.840. The van der Waals surface area contributed by atoms with E-state index in [1.54, 1.807) is 6.92 Å². The minimum atomic E-state index is -0.840. The normalized spacial score (nSPS) is 12.4. The van der Waals surface area contributed by atoms with Crippen molar-refractivity contribution in [2.24, 2.45) is 0 Å². The van der Waals surface area contributed by atoms with Crippen molar-refractivity contribution in [3.8, 4) is 0 Å². The van der Waals surface area contributed by atoms with Gasteiger partial charge in [-0.15, -0.1) is 0 Å². The van der Waals surface area contributed by atoms with E-state index in [-0.39, 0.29) is 0 Å². The molecule has 1 unspecified atom stereocenters. The molecule has 0 aromatic heterocycles. The minimum absolute atomic E-state index is 0.538. The van der Waals surface area contributed by atoms with Crippen LogP contribution in [0.15, 0.2) is 24.3 Å². The SMILES string of the molecule is CCOCc1ccccc1CNC(C)C(=O)O. The van der Waals surface area contributed by atoms with Gasteiger partial charge >= 0.3 is 5.97 Å². The standard InChI is InChI=1S/C13H19NO3/c1-3-17-9-12-7-5-4-6-11(12)8-14-10(2)13(15)16/h4-7,10,14H,3,8-9H2,1-2H3,(H,15,16). The van der Waals surface area contributed by atoms with Crippen LogP contribution in [0.5, 0.6) is 0 Å². The number of hydrogen-bond donors (Lipinski definition) is 2. The quantitative estimate of drug-likeness (QED) is 0.759. The molecule has 0 aliphatic heterocycles. The van der Waals surface area contributed by atoms with Crippen LogP contribution in [0.25, 0.3) is 0 Å². The summed E-state index contributed by atoms with van der Waals surface area (Å²) in [6.45, 7) is 5.36. The van der Waals surface area contributed by atoms with Crippen LogP contribution in [0.3, 0.4) is 0 Å². The van der Waals surface area contributed by atoms with Crippen molar-refractivity contribution in [1.82, 2.24) is 5.32 Å². The van der Waals surface area contributed by atoms with Crippen molar-refractivity contribution < 1.29 is 14.6 Å². The van der Waals surface area contributed by atoms with Gasteiger partial charge in [-0.2, -0.15) is 0 Å². The Morgan fingerprint density at radius 3 is 2.65 bits per heavy atom. The number of nitrogens with one attached hydrogen (secondary N) is 1. The lowest BCUT2D eigenvalue weighted by molar-refractivity contribution is -0.139. The van der Waals surface area contributed by atoms with E-state index in [1.807, 2.05) is 31.2 Å². The van der Waals surface area contributed by atoms with Crippen molar-refractivity contribution in [1.29, 1.82) is 0 Å². The van der Waals surface area contributed by atoms with Crippen LogP contribution in [-0.2, 0) is 22.7 Å². The van der Waals surface area contributed by atoms with Crippen LogP contribution in [0, 0.1) is 0 Å². The lowest BCUT2D eigenvalue weighted by Gasteiger charge is -2.12. The van der Waals surface area contributed by atoms with Crippen molar-refractivity contribution >= 4 is 5.97 Å². The summed E-state index contributed by atoms with van der Waals surface area (Å²) in [6, 6.07) is 7.33. The van der Waals surface area contributed by atoms with E-state index < -0.39 is 12.0 Å². The van der Waals surface area contributed by atoms with Gasteiger partial charge in [0.15, 0.2) is 0 Å². The molecule has 0 aliphatic carbocycles. The summed E-state index contributed by atoms with van der Waals surface area (Å²) >= 11 is 0. The van der Waals surface area contributed by atoms with Gasteiger partial charge in [-0.1, -0.05) is 24.3 Å². The van der Waals surface area contributed by atoms with E-state index in [0.717, 1.165) is 11.1 Å². The summed E-state index contributed by atoms with van der Waals surface area (Å²) < 4.78 is 5.37. The molecule has 0 spiro atoms. The van der Waals surface area contributed by atoms with Gasteiger partial charge < -0.3 is 15.2 Å². The summed E-state index contributed by atoms with van der Waals surface area (Å²) in [7, 11) is 0. The van der Waals surface area contributed by atoms with Crippen molar-refractivity contribution in [3.63, 3.8) is 0 Å². The van der Waals surface area contributed by atoms with E-state index in [0.29, 0.717) is 19.8 Å². The average molecular weight is 237 g/mol. The molecule has 94 valence electrons. The number of carbonyl (C=O) groups is 1. The fraction of sp³-hybridized carbons (Fsp3) is 0.462. The Balaban J connectivity index is 2.60. The lowest BCUT2D eigenvalue weighted by atomic mass is 10.1. The second kappa shape index (κ2) is 7.04. The number of rotatable bonds is 7. The first kappa shape index (κ1) is 13.7. The molecule has 4 nitrogen and oxygen atoms in total. The monoisotopic (exact) mass is 237 g/mol. The van der Waals surface area contributed by atoms with Crippen LogP contribution in [0.1, 0.15) is 25.0 Å². The van der Waals surface area contributed by atoms with Crippen LogP contribution >= 0.6 is 0 Å². The van der Waals surface area contributed by atoms with E-state index >= 15 is 0 Å². The molecule has 1 aromatic carbocycles. The molecule has 4 heteroatoms. The molecule has 0 aliphatic rings. The van der Waals surface area contributed by atoms with Crippen LogP contribution in [-0.4, -0.2) is 23.7 Å². The first-order valence-electron chi connectivity index (χ1n) is 5.75. The van der Waals surface area contributed by atoms with E-state index in [4.69, 9.17) is 9.84 Å². The van der Waals surface area contributed by atoms with Crippen LogP contribution < -0.4 is 5.32 Å². The van der Waals surface area contributed by atoms with Gasteiger partial charge in [-0.05, 0) is 25.0 Å². The van der Waals surface area contributed by atoms with Crippen molar-refractivity contribution in [2.45, 2.75) is 33.0 Å². The zero-order valence-electron chi connectivity index (χ0n) is 10.3. The number of ether oxygens (including phenoxy) is 1. The maximum Gasteiger partial charge on any atom is 0.320 e. The summed E-state index contributed by atoms with van der Waals surface area (Å²) in [5, 5.41) is 11.7. The molecule has 0 saturated heterocycles. The molecule has 17 heavy (non-hydrogen) atoms. The van der Waals surface area contributed by atoms with E-state index in [2.05, 4.69) is 5.32 Å². The maximum atomic E-state index is 10.7. The largest absolute Gasteiger partial charge is 0.480 e. The molecule has 1 aromatic rings. The predicted molar refractivity (Wildman–Crippen MR) is 65.7 cm³/mol. The number of carboxylic acids is 1. The van der Waals surface area contributed by atoms with E-state index in [9.17, 15) is 4.79 Å². The molecule has 1 atom stereocenters. The molecule has 0 radical (unpaired) electrons. The first-order valence-corrected chi connectivity index (χ1v) is 5.75. The third-order valence-electron chi connectivity index (χ3n) is 2.55. The van der Waals surface area contributed by atoms with Gasteiger partial charge in [0.05, 0.1) is 6.61 Å². The highest BCUT2D eigenvalue weighted by atomic mass is 16.5. The molecule has 0 fully saturated rings. The number of carboxylic acid groups (broad SMARTS) is 1. The fourth-order valence-corrected chi connectivity index (χ4v) is 1.43. The Kier molecular flexibility index (Phi) is 5.66. The van der Waals surface area contributed by atoms with Gasteiger partial charge in [0.1, 0.15) is 6.04 Å². The van der Waals surface area contributed by atoms with Crippen LogP contribution in [0.4, 0.5) is 0 Å². The Morgan fingerprint density at radius 1 is 1.41 bits per heavy atom. The van der Waals surface area contributed by atoms with Gasteiger partial charge in [0, 0.05) is 13.2 Å².